The summed E-state index contributed by atoms with van der Waals surface area (Å²) in [5.74, 6) is 1.81. The van der Waals surface area contributed by atoms with Crippen molar-refractivity contribution in [3.63, 3.8) is 0 Å². The summed E-state index contributed by atoms with van der Waals surface area (Å²) in [7, 11) is 0. The molecule has 0 spiro atoms. The van der Waals surface area contributed by atoms with Crippen molar-refractivity contribution in [2.75, 3.05) is 13.1 Å². The van der Waals surface area contributed by atoms with Crippen LogP contribution in [0.25, 0.3) is 5.69 Å². The quantitative estimate of drug-likeness (QED) is 0.849. The van der Waals surface area contributed by atoms with E-state index in [1.165, 1.54) is 12.8 Å². The topological polar surface area (TPSA) is 59.0 Å². The first kappa shape index (κ1) is 17.7. The molecule has 1 aliphatic heterocycles. The molecule has 1 unspecified atom stereocenters. The van der Waals surface area contributed by atoms with Crippen molar-refractivity contribution < 1.29 is 4.79 Å². The number of piperidine rings is 1. The van der Waals surface area contributed by atoms with Crippen molar-refractivity contribution in [2.45, 2.75) is 45.6 Å². The van der Waals surface area contributed by atoms with E-state index < -0.39 is 0 Å². The third-order valence-corrected chi connectivity index (χ3v) is 5.11. The van der Waals surface area contributed by atoms with E-state index in [4.69, 9.17) is 0 Å². The number of rotatable bonds is 6. The molecule has 1 aromatic heterocycles. The zero-order valence-corrected chi connectivity index (χ0v) is 15.2. The van der Waals surface area contributed by atoms with Gasteiger partial charge in [-0.1, -0.05) is 12.1 Å². The van der Waals surface area contributed by atoms with Crippen LogP contribution in [0.1, 0.15) is 50.0 Å². The zero-order valence-electron chi connectivity index (χ0n) is 15.2. The molecule has 134 valence electrons. The number of nitrogens with one attached hydrogen (secondary N) is 2. The highest BCUT2D eigenvalue weighted by molar-refractivity contribution is 5.76. The van der Waals surface area contributed by atoms with Crippen LogP contribution in [-0.2, 0) is 4.79 Å². The van der Waals surface area contributed by atoms with E-state index in [0.29, 0.717) is 12.3 Å². The van der Waals surface area contributed by atoms with Gasteiger partial charge < -0.3 is 15.2 Å². The molecule has 1 aliphatic rings. The minimum Gasteiger partial charge on any atom is -0.350 e. The molecular formula is C20H28N4O. The first-order valence-corrected chi connectivity index (χ1v) is 9.24. The monoisotopic (exact) mass is 340 g/mol. The van der Waals surface area contributed by atoms with Gasteiger partial charge in [0.15, 0.2) is 0 Å². The van der Waals surface area contributed by atoms with E-state index in [0.717, 1.165) is 36.6 Å². The molecule has 1 amide bonds. The Morgan fingerprint density at radius 2 is 2.04 bits per heavy atom. The number of amides is 1. The third-order valence-electron chi connectivity index (χ3n) is 5.11. The predicted octanol–water partition coefficient (Wildman–Crippen LogP) is 3.14. The largest absolute Gasteiger partial charge is 0.350 e. The van der Waals surface area contributed by atoms with E-state index in [2.05, 4.69) is 39.9 Å². The van der Waals surface area contributed by atoms with Gasteiger partial charge in [-0.05, 0) is 69.8 Å². The van der Waals surface area contributed by atoms with Crippen molar-refractivity contribution >= 4 is 5.91 Å². The molecule has 1 aromatic carbocycles. The van der Waals surface area contributed by atoms with Gasteiger partial charge in [0.25, 0.3) is 0 Å². The van der Waals surface area contributed by atoms with Gasteiger partial charge in [-0.25, -0.2) is 4.98 Å². The lowest BCUT2D eigenvalue weighted by atomic mass is 9.93. The Hall–Kier alpha value is -2.14. The second-order valence-electron chi connectivity index (χ2n) is 6.96. The lowest BCUT2D eigenvalue weighted by Crippen LogP contribution is -2.30. The number of carbonyl (C=O) groups excluding carboxylic acids is 1. The maximum absolute atomic E-state index is 12.2. The van der Waals surface area contributed by atoms with Gasteiger partial charge in [-0.2, -0.15) is 0 Å². The van der Waals surface area contributed by atoms with Crippen LogP contribution in [0.3, 0.4) is 0 Å². The number of benzene rings is 1. The number of carbonyl (C=O) groups is 1. The van der Waals surface area contributed by atoms with Crippen molar-refractivity contribution in [3.8, 4) is 5.69 Å². The molecule has 1 saturated heterocycles. The molecular weight excluding hydrogens is 312 g/mol. The molecule has 0 bridgehead atoms. The predicted molar refractivity (Wildman–Crippen MR) is 99.7 cm³/mol. The number of imidazole rings is 1. The lowest BCUT2D eigenvalue weighted by Gasteiger charge is -2.22. The summed E-state index contributed by atoms with van der Waals surface area (Å²) in [5, 5.41) is 6.50. The fourth-order valence-electron chi connectivity index (χ4n) is 3.48. The van der Waals surface area contributed by atoms with Gasteiger partial charge in [0, 0.05) is 24.5 Å². The summed E-state index contributed by atoms with van der Waals surface area (Å²) in [6.45, 7) is 6.20. The average molecular weight is 340 g/mol. The molecule has 2 N–H and O–H groups in total. The highest BCUT2D eigenvalue weighted by Crippen LogP contribution is 2.19. The van der Waals surface area contributed by atoms with Gasteiger partial charge in [-0.3, -0.25) is 4.79 Å². The minimum atomic E-state index is 0.0263. The summed E-state index contributed by atoms with van der Waals surface area (Å²) >= 11 is 0. The number of aromatic nitrogens is 2. The van der Waals surface area contributed by atoms with Crippen LogP contribution in [0.5, 0.6) is 0 Å². The van der Waals surface area contributed by atoms with Gasteiger partial charge in [0.2, 0.25) is 5.91 Å². The molecule has 5 heteroatoms. The number of aryl methyl sites for hydroxylation is 1. The van der Waals surface area contributed by atoms with Crippen molar-refractivity contribution in [1.29, 1.82) is 0 Å². The summed E-state index contributed by atoms with van der Waals surface area (Å²) in [5.41, 5.74) is 2.21. The van der Waals surface area contributed by atoms with E-state index in [-0.39, 0.29) is 11.9 Å². The van der Waals surface area contributed by atoms with Crippen molar-refractivity contribution in [3.05, 3.63) is 48.0 Å². The molecule has 0 aliphatic carbocycles. The van der Waals surface area contributed by atoms with Crippen LogP contribution >= 0.6 is 0 Å². The molecule has 2 heterocycles. The summed E-state index contributed by atoms with van der Waals surface area (Å²) in [6.07, 6.45) is 7.77. The third kappa shape index (κ3) is 4.69. The Morgan fingerprint density at radius 3 is 2.68 bits per heavy atom. The SMILES string of the molecule is Cc1nccn1-c1ccc(C(C)NC(=O)CCC2CCNCC2)cc1. The van der Waals surface area contributed by atoms with Gasteiger partial charge in [-0.15, -0.1) is 0 Å². The fourth-order valence-corrected chi connectivity index (χ4v) is 3.48. The van der Waals surface area contributed by atoms with E-state index >= 15 is 0 Å². The zero-order chi connectivity index (χ0) is 17.6. The maximum atomic E-state index is 12.2. The van der Waals surface area contributed by atoms with Crippen LogP contribution in [0, 0.1) is 12.8 Å². The molecule has 0 saturated carbocycles. The van der Waals surface area contributed by atoms with Crippen LogP contribution in [0.4, 0.5) is 0 Å². The molecule has 1 fully saturated rings. The molecule has 25 heavy (non-hydrogen) atoms. The molecule has 1 atom stereocenters. The minimum absolute atomic E-state index is 0.0263. The van der Waals surface area contributed by atoms with Crippen LogP contribution in [0.15, 0.2) is 36.7 Å². The van der Waals surface area contributed by atoms with Crippen LogP contribution in [-0.4, -0.2) is 28.5 Å². The summed E-state index contributed by atoms with van der Waals surface area (Å²) in [4.78, 5) is 16.5. The Bertz CT molecular complexity index is 686. The van der Waals surface area contributed by atoms with Crippen LogP contribution < -0.4 is 10.6 Å². The second-order valence-corrected chi connectivity index (χ2v) is 6.96. The Morgan fingerprint density at radius 1 is 1.32 bits per heavy atom. The summed E-state index contributed by atoms with van der Waals surface area (Å²) in [6, 6.07) is 8.32. The highest BCUT2D eigenvalue weighted by atomic mass is 16.1. The van der Waals surface area contributed by atoms with E-state index in [1.807, 2.05) is 24.6 Å². The number of hydrogen-bond acceptors (Lipinski definition) is 3. The van der Waals surface area contributed by atoms with Crippen LogP contribution in [0.2, 0.25) is 0 Å². The van der Waals surface area contributed by atoms with Gasteiger partial charge in [0.05, 0.1) is 6.04 Å². The number of hydrogen-bond donors (Lipinski definition) is 2. The van der Waals surface area contributed by atoms with E-state index in [1.54, 1.807) is 6.20 Å². The fraction of sp³-hybridized carbons (Fsp3) is 0.500. The molecule has 2 aromatic rings. The Labute approximate surface area is 149 Å². The average Bonchev–Trinajstić information content (AvgIpc) is 3.07. The van der Waals surface area contributed by atoms with Gasteiger partial charge in [0.1, 0.15) is 5.82 Å². The Kier molecular flexibility index (Phi) is 5.87. The number of nitrogens with zero attached hydrogens (tertiary/aromatic N) is 2. The second kappa shape index (κ2) is 8.30. The van der Waals surface area contributed by atoms with Crippen molar-refractivity contribution in [2.24, 2.45) is 5.92 Å². The molecule has 3 rings (SSSR count). The standard InChI is InChI=1S/C20H28N4O/c1-15(23-20(25)8-3-17-9-11-21-12-10-17)18-4-6-19(7-5-18)24-14-13-22-16(24)2/h4-7,13-15,17,21H,3,8-12H2,1-2H3,(H,23,25). The molecule has 5 nitrogen and oxygen atoms in total. The van der Waals surface area contributed by atoms with Crippen molar-refractivity contribution in [1.82, 2.24) is 20.2 Å². The van der Waals surface area contributed by atoms with Gasteiger partial charge >= 0.3 is 0 Å². The first-order valence-electron chi connectivity index (χ1n) is 9.24. The smallest absolute Gasteiger partial charge is 0.220 e. The lowest BCUT2D eigenvalue weighted by molar-refractivity contribution is -0.122. The van der Waals surface area contributed by atoms with E-state index in [9.17, 15) is 4.79 Å². The summed E-state index contributed by atoms with van der Waals surface area (Å²) < 4.78 is 2.05. The first-order chi connectivity index (χ1) is 12.1. The Balaban J connectivity index is 1.51. The highest BCUT2D eigenvalue weighted by Gasteiger charge is 2.16. The molecule has 0 radical (unpaired) electrons. The normalized spacial score (nSPS) is 16.6. The maximum Gasteiger partial charge on any atom is 0.220 e.